The Labute approximate surface area is 150 Å². The molecule has 6 heteroatoms. The molecule has 130 valence electrons. The lowest BCUT2D eigenvalue weighted by Crippen LogP contribution is -2.17. The molecule has 0 unspecified atom stereocenters. The van der Waals surface area contributed by atoms with Gasteiger partial charge in [0.1, 0.15) is 11.5 Å². The number of methoxy groups -OCH3 is 1. The minimum Gasteiger partial charge on any atom is -0.507 e. The number of carbonyl (C=O) groups excluding carboxylic acids is 1. The van der Waals surface area contributed by atoms with Crippen LogP contribution in [0.5, 0.6) is 11.5 Å². The Balaban J connectivity index is 1.80. The van der Waals surface area contributed by atoms with E-state index in [9.17, 15) is 9.90 Å². The Kier molecular flexibility index (Phi) is 4.90. The monoisotopic (exact) mass is 347 g/mol. The molecule has 1 amide bonds. The maximum absolute atomic E-state index is 12.2. The summed E-state index contributed by atoms with van der Waals surface area (Å²) in [6.45, 7) is 0.445. The first-order chi connectivity index (χ1) is 12.6. The van der Waals surface area contributed by atoms with Gasteiger partial charge in [0.2, 0.25) is 0 Å². The third-order valence-corrected chi connectivity index (χ3v) is 3.90. The molecule has 3 rings (SSSR count). The van der Waals surface area contributed by atoms with Crippen LogP contribution in [-0.2, 0) is 6.54 Å². The van der Waals surface area contributed by atoms with Crippen molar-refractivity contribution in [2.45, 2.75) is 6.54 Å². The number of nitrogens with zero attached hydrogens (tertiary/aromatic N) is 2. The number of rotatable bonds is 5. The smallest absolute Gasteiger partial charge is 0.275 e. The second kappa shape index (κ2) is 7.45. The van der Waals surface area contributed by atoms with Crippen LogP contribution in [0, 0.1) is 12.3 Å². The van der Waals surface area contributed by atoms with E-state index in [0.717, 1.165) is 16.5 Å². The number of hydrazone groups is 1. The van der Waals surface area contributed by atoms with Crippen LogP contribution in [0.3, 0.4) is 0 Å². The summed E-state index contributed by atoms with van der Waals surface area (Å²) in [4.78, 5) is 12.2. The summed E-state index contributed by atoms with van der Waals surface area (Å²) in [6, 6.07) is 12.2. The largest absolute Gasteiger partial charge is 0.507 e. The number of hydrogen-bond donors (Lipinski definition) is 2. The molecule has 0 spiro atoms. The minimum atomic E-state index is -0.520. The van der Waals surface area contributed by atoms with Gasteiger partial charge in [0.15, 0.2) is 0 Å². The first kappa shape index (κ1) is 17.1. The van der Waals surface area contributed by atoms with Crippen LogP contribution in [0.4, 0.5) is 0 Å². The van der Waals surface area contributed by atoms with Crippen molar-refractivity contribution in [3.05, 3.63) is 59.8 Å². The first-order valence-corrected chi connectivity index (χ1v) is 7.85. The van der Waals surface area contributed by atoms with Crippen LogP contribution in [0.2, 0.25) is 0 Å². The lowest BCUT2D eigenvalue weighted by atomic mass is 10.2. The highest BCUT2D eigenvalue weighted by atomic mass is 16.5. The molecule has 3 aromatic rings. The lowest BCUT2D eigenvalue weighted by molar-refractivity contribution is 0.0952. The highest BCUT2D eigenvalue weighted by molar-refractivity contribution is 6.01. The van der Waals surface area contributed by atoms with Gasteiger partial charge in [-0.05, 0) is 18.2 Å². The molecule has 2 aromatic carbocycles. The fraction of sp³-hybridized carbons (Fsp3) is 0.100. The summed E-state index contributed by atoms with van der Waals surface area (Å²) in [5, 5.41) is 14.9. The van der Waals surface area contributed by atoms with Crippen molar-refractivity contribution in [2.24, 2.45) is 5.10 Å². The van der Waals surface area contributed by atoms with Crippen molar-refractivity contribution in [2.75, 3.05) is 7.11 Å². The molecule has 0 radical (unpaired) electrons. The molecule has 0 aliphatic rings. The summed E-state index contributed by atoms with van der Waals surface area (Å²) in [5.41, 5.74) is 4.34. The van der Waals surface area contributed by atoms with E-state index in [4.69, 9.17) is 11.2 Å². The van der Waals surface area contributed by atoms with E-state index < -0.39 is 5.91 Å². The number of benzene rings is 2. The Morgan fingerprint density at radius 2 is 2.19 bits per heavy atom. The Bertz CT molecular complexity index is 1030. The predicted octanol–water partition coefficient (Wildman–Crippen LogP) is 2.75. The van der Waals surface area contributed by atoms with Crippen molar-refractivity contribution in [3.8, 4) is 23.8 Å². The van der Waals surface area contributed by atoms with Gasteiger partial charge >= 0.3 is 0 Å². The van der Waals surface area contributed by atoms with Gasteiger partial charge in [-0.15, -0.1) is 6.42 Å². The number of ether oxygens (including phenoxy) is 1. The van der Waals surface area contributed by atoms with Crippen LogP contribution in [-0.4, -0.2) is 28.9 Å². The van der Waals surface area contributed by atoms with Crippen LogP contribution in [0.15, 0.2) is 53.8 Å². The number of phenols is 1. The summed E-state index contributed by atoms with van der Waals surface area (Å²) < 4.78 is 6.93. The van der Waals surface area contributed by atoms with Gasteiger partial charge in [-0.2, -0.15) is 5.10 Å². The zero-order valence-corrected chi connectivity index (χ0v) is 14.1. The summed E-state index contributed by atoms with van der Waals surface area (Å²) in [7, 11) is 1.48. The second-order valence-corrected chi connectivity index (χ2v) is 5.52. The SMILES string of the molecule is C#CCn1cc(/C=N\NC(=O)c2ccc(OC)cc2O)c2ccccc21. The van der Waals surface area contributed by atoms with Crippen LogP contribution in [0.1, 0.15) is 15.9 Å². The molecule has 0 bridgehead atoms. The van der Waals surface area contributed by atoms with Crippen molar-refractivity contribution in [1.29, 1.82) is 0 Å². The molecular formula is C20H17N3O3. The van der Waals surface area contributed by atoms with Gasteiger partial charge in [0.05, 0.1) is 25.4 Å². The Morgan fingerprint density at radius 3 is 2.92 bits per heavy atom. The molecule has 6 nitrogen and oxygen atoms in total. The van der Waals surface area contributed by atoms with Gasteiger partial charge in [-0.1, -0.05) is 24.1 Å². The molecule has 0 saturated carbocycles. The van der Waals surface area contributed by atoms with Crippen molar-refractivity contribution < 1.29 is 14.6 Å². The third kappa shape index (κ3) is 3.37. The van der Waals surface area contributed by atoms with Crippen molar-refractivity contribution in [3.63, 3.8) is 0 Å². The number of para-hydroxylation sites is 1. The molecule has 0 saturated heterocycles. The van der Waals surface area contributed by atoms with E-state index >= 15 is 0 Å². The molecule has 0 aliphatic heterocycles. The fourth-order valence-corrected chi connectivity index (χ4v) is 2.66. The van der Waals surface area contributed by atoms with E-state index in [1.54, 1.807) is 12.3 Å². The zero-order chi connectivity index (χ0) is 18.5. The number of terminal acetylenes is 1. The first-order valence-electron chi connectivity index (χ1n) is 7.85. The third-order valence-electron chi connectivity index (χ3n) is 3.90. The minimum absolute atomic E-state index is 0.109. The van der Waals surface area contributed by atoms with Gasteiger partial charge in [-0.3, -0.25) is 4.79 Å². The Hall–Kier alpha value is -3.72. The Morgan fingerprint density at radius 1 is 1.38 bits per heavy atom. The lowest BCUT2D eigenvalue weighted by Gasteiger charge is -2.05. The summed E-state index contributed by atoms with van der Waals surface area (Å²) in [6.07, 6.45) is 8.84. The average molecular weight is 347 g/mol. The van der Waals surface area contributed by atoms with Gasteiger partial charge in [0, 0.05) is 28.7 Å². The average Bonchev–Trinajstić information content (AvgIpc) is 3.00. The number of amides is 1. The molecule has 2 N–H and O–H groups in total. The van der Waals surface area contributed by atoms with E-state index in [1.807, 2.05) is 35.0 Å². The van der Waals surface area contributed by atoms with E-state index in [0.29, 0.717) is 12.3 Å². The molecule has 1 aromatic heterocycles. The van der Waals surface area contributed by atoms with Crippen LogP contribution < -0.4 is 10.2 Å². The van der Waals surface area contributed by atoms with Crippen LogP contribution >= 0.6 is 0 Å². The molecule has 0 fully saturated rings. The number of aromatic hydroxyl groups is 1. The number of carbonyl (C=O) groups is 1. The molecular weight excluding hydrogens is 330 g/mol. The van der Waals surface area contributed by atoms with Gasteiger partial charge in [0.25, 0.3) is 5.91 Å². The number of fused-ring (bicyclic) bond motifs is 1. The number of hydrogen-bond acceptors (Lipinski definition) is 4. The predicted molar refractivity (Wildman–Crippen MR) is 100 cm³/mol. The van der Waals surface area contributed by atoms with Crippen molar-refractivity contribution >= 4 is 23.0 Å². The summed E-state index contributed by atoms with van der Waals surface area (Å²) >= 11 is 0. The number of nitrogens with one attached hydrogen (secondary N) is 1. The molecule has 1 heterocycles. The van der Waals surface area contributed by atoms with E-state index in [2.05, 4.69) is 16.4 Å². The standard InChI is InChI=1S/C20H17N3O3/c1-3-10-23-13-14(16-6-4-5-7-18(16)23)12-21-22-20(25)17-9-8-15(26-2)11-19(17)24/h1,4-9,11-13,24H,10H2,2H3,(H,22,25)/b21-12-. The number of phenolic OH excluding ortho intramolecular Hbond substituents is 1. The van der Waals surface area contributed by atoms with Gasteiger partial charge < -0.3 is 14.4 Å². The van der Waals surface area contributed by atoms with Crippen molar-refractivity contribution in [1.82, 2.24) is 9.99 Å². The van der Waals surface area contributed by atoms with Gasteiger partial charge in [-0.25, -0.2) is 5.43 Å². The quantitative estimate of drug-likeness (QED) is 0.423. The van der Waals surface area contributed by atoms with Crippen LogP contribution in [0.25, 0.3) is 10.9 Å². The highest BCUT2D eigenvalue weighted by Gasteiger charge is 2.11. The van der Waals surface area contributed by atoms with E-state index in [-0.39, 0.29) is 11.3 Å². The maximum atomic E-state index is 12.2. The fourth-order valence-electron chi connectivity index (χ4n) is 2.66. The maximum Gasteiger partial charge on any atom is 0.275 e. The summed E-state index contributed by atoms with van der Waals surface area (Å²) in [5.74, 6) is 2.38. The second-order valence-electron chi connectivity index (χ2n) is 5.52. The molecule has 0 atom stereocenters. The zero-order valence-electron chi connectivity index (χ0n) is 14.1. The number of aromatic nitrogens is 1. The normalized spacial score (nSPS) is 10.8. The molecule has 0 aliphatic carbocycles. The topological polar surface area (TPSA) is 75.9 Å². The molecule has 26 heavy (non-hydrogen) atoms. The van der Waals surface area contributed by atoms with E-state index in [1.165, 1.54) is 19.2 Å². The highest BCUT2D eigenvalue weighted by Crippen LogP contribution is 2.23.